The molecule has 0 aliphatic rings. The molecular weight excluding hydrogens is 784 g/mol. The zero-order valence-electron chi connectivity index (χ0n) is 23.5. The minimum atomic E-state index is -0.318. The number of hydrogen-bond acceptors (Lipinski definition) is 6. The molecule has 4 aromatic carbocycles. The molecule has 0 bridgehead atoms. The van der Waals surface area contributed by atoms with Crippen molar-refractivity contribution >= 4 is 110 Å². The highest BCUT2D eigenvalue weighted by Crippen LogP contribution is 2.33. The maximum absolute atomic E-state index is 13.5. The normalized spacial score (nSPS) is 11.0. The number of rotatable bonds is 1. The quantitative estimate of drug-likeness (QED) is 0.162. The Morgan fingerprint density at radius 2 is 1.22 bits per heavy atom. The van der Waals surface area contributed by atoms with Gasteiger partial charge in [-0.2, -0.15) is 0 Å². The molecule has 0 aliphatic carbocycles. The van der Waals surface area contributed by atoms with E-state index in [0.717, 1.165) is 23.7 Å². The Labute approximate surface area is 290 Å². The van der Waals surface area contributed by atoms with Crippen molar-refractivity contribution in [2.45, 2.75) is 6.92 Å². The summed E-state index contributed by atoms with van der Waals surface area (Å²) < 4.78 is 29.4. The SMILES string of the molecule is Cc1nc2ccc(Cl)cc2c(=O)[nH]1.Fc1ccc2scc(I)c2c1.O=c1[nH]c(-c2csc3ccc(F)cc23)nc2ccc(Cl)cc12. The number of aromatic nitrogens is 4. The van der Waals surface area contributed by atoms with E-state index in [9.17, 15) is 18.4 Å². The highest BCUT2D eigenvalue weighted by atomic mass is 127. The minimum absolute atomic E-state index is 0.148. The van der Waals surface area contributed by atoms with E-state index in [1.165, 1.54) is 29.5 Å². The molecule has 0 unspecified atom stereocenters. The van der Waals surface area contributed by atoms with E-state index in [4.69, 9.17) is 23.2 Å². The van der Waals surface area contributed by atoms with Crippen LogP contribution in [0.15, 0.2) is 93.1 Å². The van der Waals surface area contributed by atoms with Gasteiger partial charge in [-0.25, -0.2) is 18.7 Å². The van der Waals surface area contributed by atoms with Crippen molar-refractivity contribution in [1.82, 2.24) is 19.9 Å². The third-order valence-electron chi connectivity index (χ3n) is 6.73. The number of nitrogens with one attached hydrogen (secondary N) is 2. The van der Waals surface area contributed by atoms with Gasteiger partial charge < -0.3 is 9.97 Å². The van der Waals surface area contributed by atoms with Crippen molar-refractivity contribution in [2.24, 2.45) is 0 Å². The average molecular weight is 803 g/mol. The van der Waals surface area contributed by atoms with Crippen LogP contribution in [0.5, 0.6) is 0 Å². The molecule has 0 spiro atoms. The Morgan fingerprint density at radius 1 is 0.674 bits per heavy atom. The molecule has 6 nitrogen and oxygen atoms in total. The molecule has 0 atom stereocenters. The molecule has 0 amide bonds. The van der Waals surface area contributed by atoms with Crippen LogP contribution in [0, 0.1) is 22.1 Å². The lowest BCUT2D eigenvalue weighted by Gasteiger charge is -2.03. The molecule has 13 heteroatoms. The number of halogens is 5. The van der Waals surface area contributed by atoms with E-state index in [2.05, 4.69) is 42.5 Å². The lowest BCUT2D eigenvalue weighted by Crippen LogP contribution is -2.09. The zero-order valence-corrected chi connectivity index (χ0v) is 28.8. The first-order valence-electron chi connectivity index (χ1n) is 13.4. The van der Waals surface area contributed by atoms with Crippen molar-refractivity contribution in [2.75, 3.05) is 0 Å². The monoisotopic (exact) mass is 802 g/mol. The van der Waals surface area contributed by atoms with Crippen LogP contribution in [0.3, 0.4) is 0 Å². The van der Waals surface area contributed by atoms with Gasteiger partial charge in [0.1, 0.15) is 23.3 Å². The number of hydrogen-bond donors (Lipinski definition) is 2. The second kappa shape index (κ2) is 13.5. The summed E-state index contributed by atoms with van der Waals surface area (Å²) in [6.07, 6.45) is 0. The van der Waals surface area contributed by atoms with Crippen molar-refractivity contribution in [1.29, 1.82) is 0 Å². The van der Waals surface area contributed by atoms with Crippen LogP contribution in [0.2, 0.25) is 10.0 Å². The van der Waals surface area contributed by atoms with Gasteiger partial charge in [0.05, 0.1) is 21.8 Å². The van der Waals surface area contributed by atoms with Crippen LogP contribution < -0.4 is 11.1 Å². The molecule has 8 rings (SSSR count). The standard InChI is InChI=1S/C16H8ClFN2OS.C9H7ClN2O.C8H4FIS/c17-8-1-3-13-11(5-8)16(21)20-15(19-13)12-7-22-14-4-2-9(18)6-10(12)14;1-5-11-8-3-2-6(10)4-7(8)9(13)12-5;9-5-1-2-8-6(3-5)7(10)4-11-8/h1-7H,(H,19,20,21);2-4H,1H3,(H,11,12,13);1-4H. The predicted molar refractivity (Wildman–Crippen MR) is 195 cm³/mol. The highest BCUT2D eigenvalue weighted by Gasteiger charge is 2.12. The fourth-order valence-electron chi connectivity index (χ4n) is 4.62. The summed E-state index contributed by atoms with van der Waals surface area (Å²) in [6.45, 7) is 1.75. The Kier molecular flexibility index (Phi) is 9.48. The number of benzene rings is 4. The molecule has 230 valence electrons. The summed E-state index contributed by atoms with van der Waals surface area (Å²) in [6, 6.07) is 19.5. The minimum Gasteiger partial charge on any atom is -0.310 e. The van der Waals surface area contributed by atoms with E-state index < -0.39 is 0 Å². The number of H-pyrrole nitrogens is 2. The van der Waals surface area contributed by atoms with Crippen LogP contribution >= 0.6 is 68.5 Å². The molecule has 0 saturated carbocycles. The molecule has 0 fully saturated rings. The van der Waals surface area contributed by atoms with Gasteiger partial charge in [0.15, 0.2) is 0 Å². The highest BCUT2D eigenvalue weighted by molar-refractivity contribution is 14.1. The van der Waals surface area contributed by atoms with Gasteiger partial charge in [0, 0.05) is 50.1 Å². The molecule has 4 heterocycles. The first-order chi connectivity index (χ1) is 22.0. The first-order valence-corrected chi connectivity index (χ1v) is 17.0. The second-order valence-electron chi connectivity index (χ2n) is 9.90. The van der Waals surface area contributed by atoms with E-state index in [1.54, 1.807) is 66.8 Å². The van der Waals surface area contributed by atoms with Crippen molar-refractivity contribution in [3.05, 3.63) is 135 Å². The zero-order chi connectivity index (χ0) is 32.5. The molecule has 2 N–H and O–H groups in total. The fourth-order valence-corrected chi connectivity index (χ4v) is 7.70. The van der Waals surface area contributed by atoms with Gasteiger partial charge >= 0.3 is 0 Å². The van der Waals surface area contributed by atoms with Crippen LogP contribution in [0.1, 0.15) is 5.82 Å². The summed E-state index contributed by atoms with van der Waals surface area (Å²) in [5.41, 5.74) is 1.53. The van der Waals surface area contributed by atoms with E-state index in [0.29, 0.717) is 49.1 Å². The third kappa shape index (κ3) is 6.98. The Balaban J connectivity index is 0.000000132. The van der Waals surface area contributed by atoms with Crippen LogP contribution in [0.25, 0.3) is 53.4 Å². The van der Waals surface area contributed by atoms with Crippen molar-refractivity contribution in [3.63, 3.8) is 0 Å². The first kappa shape index (κ1) is 32.2. The lowest BCUT2D eigenvalue weighted by molar-refractivity contribution is 0.629. The molecule has 46 heavy (non-hydrogen) atoms. The molecule has 0 saturated heterocycles. The van der Waals surface area contributed by atoms with Crippen molar-refractivity contribution < 1.29 is 8.78 Å². The summed E-state index contributed by atoms with van der Waals surface area (Å²) in [5.74, 6) is 0.562. The molecule has 4 aromatic heterocycles. The topological polar surface area (TPSA) is 91.5 Å². The van der Waals surface area contributed by atoms with Gasteiger partial charge in [0.2, 0.25) is 0 Å². The average Bonchev–Trinajstić information content (AvgIpc) is 3.61. The Bertz CT molecular complexity index is 2530. The smallest absolute Gasteiger partial charge is 0.259 e. The van der Waals surface area contributed by atoms with Gasteiger partial charge in [-0.15, -0.1) is 22.7 Å². The molecule has 8 aromatic rings. The maximum Gasteiger partial charge on any atom is 0.259 e. The third-order valence-corrected chi connectivity index (χ3v) is 10.4. The Hall–Kier alpha value is -3.75. The fraction of sp³-hybridized carbons (Fsp3) is 0.0303. The number of thiophene rings is 2. The summed E-state index contributed by atoms with van der Waals surface area (Å²) in [5, 5.41) is 7.64. The van der Waals surface area contributed by atoms with E-state index >= 15 is 0 Å². The number of aryl methyl sites for hydroxylation is 1. The largest absolute Gasteiger partial charge is 0.310 e. The molecule has 0 radical (unpaired) electrons. The summed E-state index contributed by atoms with van der Waals surface area (Å²) in [7, 11) is 0. The maximum atomic E-state index is 13.5. The van der Waals surface area contributed by atoms with Crippen LogP contribution in [0.4, 0.5) is 8.78 Å². The summed E-state index contributed by atoms with van der Waals surface area (Å²) >= 11 is 17.0. The van der Waals surface area contributed by atoms with Gasteiger partial charge in [-0.3, -0.25) is 9.59 Å². The van der Waals surface area contributed by atoms with Crippen molar-refractivity contribution in [3.8, 4) is 11.4 Å². The molecule has 0 aliphatic heterocycles. The van der Waals surface area contributed by atoms with E-state index in [1.807, 2.05) is 16.8 Å². The van der Waals surface area contributed by atoms with Crippen LogP contribution in [-0.2, 0) is 0 Å². The predicted octanol–water partition coefficient (Wildman–Crippen LogP) is 10.1. The lowest BCUT2D eigenvalue weighted by atomic mass is 10.1. The van der Waals surface area contributed by atoms with Gasteiger partial charge in [-0.1, -0.05) is 23.2 Å². The Morgan fingerprint density at radius 3 is 1.87 bits per heavy atom. The second-order valence-corrected chi connectivity index (χ2v) is 13.8. The molecular formula is C33H19Cl2F2IN4O2S2. The van der Waals surface area contributed by atoms with E-state index in [-0.39, 0.29) is 22.8 Å². The summed E-state index contributed by atoms with van der Waals surface area (Å²) in [4.78, 5) is 37.6. The van der Waals surface area contributed by atoms with Gasteiger partial charge in [0.25, 0.3) is 11.1 Å². The van der Waals surface area contributed by atoms with Crippen LogP contribution in [-0.4, -0.2) is 19.9 Å². The number of fused-ring (bicyclic) bond motifs is 4. The van der Waals surface area contributed by atoms with Gasteiger partial charge in [-0.05, 0) is 102 Å². The number of nitrogens with zero attached hydrogens (tertiary/aromatic N) is 2. The number of aromatic amines is 2.